The number of nitrogens with two attached hydrogens (primary N) is 1. The van der Waals surface area contributed by atoms with Gasteiger partial charge in [0.15, 0.2) is 0 Å². The summed E-state index contributed by atoms with van der Waals surface area (Å²) in [6, 6.07) is 4.55. The van der Waals surface area contributed by atoms with Crippen molar-refractivity contribution >= 4 is 17.1 Å². The van der Waals surface area contributed by atoms with Gasteiger partial charge in [-0.2, -0.15) is 0 Å². The molecule has 0 amide bonds. The summed E-state index contributed by atoms with van der Waals surface area (Å²) < 4.78 is 0. The molecule has 0 fully saturated rings. The van der Waals surface area contributed by atoms with E-state index >= 15 is 0 Å². The Hall–Kier alpha value is -3.01. The summed E-state index contributed by atoms with van der Waals surface area (Å²) in [6.45, 7) is 12.8. The van der Waals surface area contributed by atoms with Crippen LogP contribution in [0.4, 0.5) is 11.4 Å². The van der Waals surface area contributed by atoms with Crippen LogP contribution in [0.5, 0.6) is 0 Å². The topological polar surface area (TPSA) is 62.4 Å². The average Bonchev–Trinajstić information content (AvgIpc) is 2.63. The first-order valence-corrected chi connectivity index (χ1v) is 9.23. The van der Waals surface area contributed by atoms with Crippen LogP contribution in [-0.4, -0.2) is 17.3 Å². The van der Waals surface area contributed by atoms with Crippen molar-refractivity contribution in [2.75, 3.05) is 5.32 Å². The molecular weight excluding hydrogens is 332 g/mol. The van der Waals surface area contributed by atoms with Crippen molar-refractivity contribution in [1.82, 2.24) is 5.32 Å². The highest BCUT2D eigenvalue weighted by molar-refractivity contribution is 6.15. The molecule has 0 aliphatic carbocycles. The van der Waals surface area contributed by atoms with Gasteiger partial charge in [-0.15, -0.1) is 0 Å². The third-order valence-corrected chi connectivity index (χ3v) is 5.11. The zero-order valence-electron chi connectivity index (χ0n) is 16.5. The van der Waals surface area contributed by atoms with E-state index in [0.717, 1.165) is 28.4 Å². The first-order chi connectivity index (χ1) is 12.8. The Balaban J connectivity index is 2.13. The molecule has 0 saturated carbocycles. The Morgan fingerprint density at radius 1 is 1.26 bits per heavy atom. The van der Waals surface area contributed by atoms with Crippen molar-refractivity contribution < 1.29 is 0 Å². The van der Waals surface area contributed by atoms with Crippen molar-refractivity contribution in [2.45, 2.75) is 39.3 Å². The molecule has 4 heteroatoms. The summed E-state index contributed by atoms with van der Waals surface area (Å²) in [4.78, 5) is 5.02. The Kier molecular flexibility index (Phi) is 5.08. The summed E-state index contributed by atoms with van der Waals surface area (Å²) >= 11 is 0. The number of nitrogens with one attached hydrogen (secondary N) is 2. The molecule has 0 radical (unpaired) electrons. The van der Waals surface area contributed by atoms with E-state index < -0.39 is 5.54 Å². The predicted molar refractivity (Wildman–Crippen MR) is 116 cm³/mol. The highest BCUT2D eigenvalue weighted by Gasteiger charge is 2.39. The van der Waals surface area contributed by atoms with E-state index in [4.69, 9.17) is 10.7 Å². The average molecular weight is 361 g/mol. The second kappa shape index (κ2) is 7.31. The van der Waals surface area contributed by atoms with E-state index in [1.807, 2.05) is 12.2 Å². The standard InChI is InChI=1S/C23H28N4/c1-15(9-6-7-12-24)22-23(5,21-11-8-10-18(4)25-21)27-20-14-17(3)16(2)13-19(20)26-22/h6-14,18,25,27H,1,24H2,2-5H3/b9-6-,12-7-. The third kappa shape index (κ3) is 3.61. The van der Waals surface area contributed by atoms with Gasteiger partial charge in [0.2, 0.25) is 0 Å². The molecule has 1 aromatic carbocycles. The first-order valence-electron chi connectivity index (χ1n) is 9.23. The molecule has 3 rings (SSSR count). The van der Waals surface area contributed by atoms with Crippen LogP contribution in [0, 0.1) is 13.8 Å². The fraction of sp³-hybridized carbons (Fsp3) is 0.261. The molecule has 0 aromatic heterocycles. The summed E-state index contributed by atoms with van der Waals surface area (Å²) in [5.74, 6) is 0. The number of rotatable bonds is 4. The second-order valence-electron chi connectivity index (χ2n) is 7.33. The summed E-state index contributed by atoms with van der Waals surface area (Å²) in [7, 11) is 0. The molecule has 2 heterocycles. The monoisotopic (exact) mass is 360 g/mol. The number of aliphatic imine (C=N–C) groups is 1. The highest BCUT2D eigenvalue weighted by Crippen LogP contribution is 2.40. The van der Waals surface area contributed by atoms with Crippen LogP contribution in [0.2, 0.25) is 0 Å². The number of nitrogens with zero attached hydrogens (tertiary/aromatic N) is 1. The lowest BCUT2D eigenvalue weighted by Crippen LogP contribution is -2.52. The van der Waals surface area contributed by atoms with Gasteiger partial charge in [0.1, 0.15) is 5.54 Å². The quantitative estimate of drug-likeness (QED) is 0.689. The maximum atomic E-state index is 5.44. The molecule has 0 spiro atoms. The minimum absolute atomic E-state index is 0.259. The summed E-state index contributed by atoms with van der Waals surface area (Å²) in [6.07, 6.45) is 13.4. The predicted octanol–water partition coefficient (Wildman–Crippen LogP) is 4.58. The van der Waals surface area contributed by atoms with Gasteiger partial charge in [-0.25, -0.2) is 4.99 Å². The Bertz CT molecular complexity index is 915. The van der Waals surface area contributed by atoms with Crippen molar-refractivity contribution in [2.24, 2.45) is 10.7 Å². The normalized spacial score (nSPS) is 24.2. The van der Waals surface area contributed by atoms with Crippen molar-refractivity contribution in [3.8, 4) is 0 Å². The van der Waals surface area contributed by atoms with Gasteiger partial charge >= 0.3 is 0 Å². The van der Waals surface area contributed by atoms with Crippen LogP contribution < -0.4 is 16.4 Å². The maximum absolute atomic E-state index is 5.44. The molecule has 0 saturated heterocycles. The van der Waals surface area contributed by atoms with Gasteiger partial charge in [0.05, 0.1) is 17.1 Å². The highest BCUT2D eigenvalue weighted by atomic mass is 15.1. The number of hydrogen-bond acceptors (Lipinski definition) is 4. The first kappa shape index (κ1) is 18.8. The van der Waals surface area contributed by atoms with Crippen LogP contribution >= 0.6 is 0 Å². The fourth-order valence-electron chi connectivity index (χ4n) is 3.43. The van der Waals surface area contributed by atoms with Gasteiger partial charge in [-0.3, -0.25) is 0 Å². The number of dihydropyridines is 1. The molecule has 0 bridgehead atoms. The lowest BCUT2D eigenvalue weighted by molar-refractivity contribution is 0.623. The summed E-state index contributed by atoms with van der Waals surface area (Å²) in [5.41, 5.74) is 12.2. The number of allylic oxidation sites excluding steroid dienone is 5. The molecular formula is C23H28N4. The van der Waals surface area contributed by atoms with Crippen LogP contribution in [0.3, 0.4) is 0 Å². The zero-order valence-corrected chi connectivity index (χ0v) is 16.5. The molecule has 2 unspecified atom stereocenters. The molecule has 140 valence electrons. The van der Waals surface area contributed by atoms with Gasteiger partial charge in [0, 0.05) is 11.7 Å². The zero-order chi connectivity index (χ0) is 19.6. The SMILES string of the molecule is C=C(/C=C\C=C/N)C1=Nc2cc(C)c(C)cc2NC1(C)C1=CC=CC(C)N1. The lowest BCUT2D eigenvalue weighted by Gasteiger charge is -2.41. The van der Waals surface area contributed by atoms with Crippen molar-refractivity contribution in [3.63, 3.8) is 0 Å². The molecule has 2 atom stereocenters. The van der Waals surface area contributed by atoms with Crippen molar-refractivity contribution in [1.29, 1.82) is 0 Å². The number of aryl methyl sites for hydroxylation is 2. The largest absolute Gasteiger partial charge is 0.405 e. The van der Waals surface area contributed by atoms with E-state index in [2.05, 4.69) is 75.3 Å². The summed E-state index contributed by atoms with van der Waals surface area (Å²) in [5, 5.41) is 7.29. The Morgan fingerprint density at radius 3 is 2.70 bits per heavy atom. The minimum atomic E-state index is -0.512. The molecule has 2 aliphatic heterocycles. The van der Waals surface area contributed by atoms with Crippen LogP contribution in [0.25, 0.3) is 0 Å². The molecule has 1 aromatic rings. The van der Waals surface area contributed by atoms with Crippen molar-refractivity contribution in [3.05, 3.63) is 83.8 Å². The van der Waals surface area contributed by atoms with Gasteiger partial charge in [-0.05, 0) is 74.9 Å². The maximum Gasteiger partial charge on any atom is 0.118 e. The number of fused-ring (bicyclic) bond motifs is 1. The molecule has 2 aliphatic rings. The van der Waals surface area contributed by atoms with Crippen LogP contribution in [-0.2, 0) is 0 Å². The second-order valence-corrected chi connectivity index (χ2v) is 7.33. The molecule has 27 heavy (non-hydrogen) atoms. The van der Waals surface area contributed by atoms with E-state index in [1.165, 1.54) is 17.3 Å². The van der Waals surface area contributed by atoms with E-state index in [9.17, 15) is 0 Å². The van der Waals surface area contributed by atoms with Gasteiger partial charge < -0.3 is 16.4 Å². The van der Waals surface area contributed by atoms with E-state index in [0.29, 0.717) is 0 Å². The van der Waals surface area contributed by atoms with Gasteiger partial charge in [0.25, 0.3) is 0 Å². The Labute approximate surface area is 162 Å². The molecule has 4 nitrogen and oxygen atoms in total. The number of anilines is 1. The number of benzene rings is 1. The number of hydrogen-bond donors (Lipinski definition) is 3. The van der Waals surface area contributed by atoms with Crippen LogP contribution in [0.15, 0.2) is 77.6 Å². The van der Waals surface area contributed by atoms with E-state index in [-0.39, 0.29) is 6.04 Å². The lowest BCUT2D eigenvalue weighted by atomic mass is 9.83. The van der Waals surface area contributed by atoms with Crippen LogP contribution in [0.1, 0.15) is 25.0 Å². The van der Waals surface area contributed by atoms with E-state index in [1.54, 1.807) is 6.08 Å². The van der Waals surface area contributed by atoms with Gasteiger partial charge in [-0.1, -0.05) is 30.9 Å². The Morgan fingerprint density at radius 2 is 2.00 bits per heavy atom. The molecule has 4 N–H and O–H groups in total. The minimum Gasteiger partial charge on any atom is -0.405 e. The smallest absolute Gasteiger partial charge is 0.118 e. The fourth-order valence-corrected chi connectivity index (χ4v) is 3.43. The third-order valence-electron chi connectivity index (χ3n) is 5.11.